The molecular formula is C10H10O5S. The molecule has 1 aromatic rings. The molecule has 1 rings (SSSR count). The van der Waals surface area contributed by atoms with E-state index in [4.69, 9.17) is 10.2 Å². The Labute approximate surface area is 94.2 Å². The van der Waals surface area contributed by atoms with Gasteiger partial charge in [-0.2, -0.15) is 0 Å². The predicted molar refractivity (Wildman–Crippen MR) is 57.5 cm³/mol. The maximum Gasteiger partial charge on any atom is 0.323 e. The number of carboxylic acids is 2. The monoisotopic (exact) mass is 242 g/mol. The van der Waals surface area contributed by atoms with Crippen molar-refractivity contribution in [1.82, 2.24) is 0 Å². The Morgan fingerprint density at radius 3 is 2.19 bits per heavy atom. The zero-order valence-electron chi connectivity index (χ0n) is 8.20. The van der Waals surface area contributed by atoms with E-state index in [2.05, 4.69) is 0 Å². The summed E-state index contributed by atoms with van der Waals surface area (Å²) in [7, 11) is -1.97. The molecule has 2 atom stereocenters. The van der Waals surface area contributed by atoms with E-state index < -0.39 is 33.7 Å². The number of carboxylic acid groups (broad SMARTS) is 2. The molecule has 1 aromatic carbocycles. The van der Waals surface area contributed by atoms with Gasteiger partial charge in [0.1, 0.15) is 5.75 Å². The van der Waals surface area contributed by atoms with Crippen molar-refractivity contribution in [2.45, 2.75) is 5.25 Å². The van der Waals surface area contributed by atoms with Crippen molar-refractivity contribution in [3.05, 3.63) is 35.9 Å². The average Bonchev–Trinajstić information content (AvgIpc) is 2.17. The third kappa shape index (κ3) is 3.16. The van der Waals surface area contributed by atoms with Crippen molar-refractivity contribution in [3.63, 3.8) is 0 Å². The SMILES string of the molecule is O=C(O)CS(=O)C(C(=O)O)c1ccccc1. The first-order chi connectivity index (χ1) is 7.52. The highest BCUT2D eigenvalue weighted by Crippen LogP contribution is 2.20. The molecule has 0 saturated carbocycles. The summed E-state index contributed by atoms with van der Waals surface area (Å²) in [6, 6.07) is 7.95. The summed E-state index contributed by atoms with van der Waals surface area (Å²) in [4.78, 5) is 21.3. The van der Waals surface area contributed by atoms with Crippen LogP contribution in [0.1, 0.15) is 10.8 Å². The summed E-state index contributed by atoms with van der Waals surface area (Å²) in [6.45, 7) is 0. The van der Waals surface area contributed by atoms with E-state index in [1.165, 1.54) is 12.1 Å². The molecule has 2 N–H and O–H groups in total. The van der Waals surface area contributed by atoms with Crippen molar-refractivity contribution in [1.29, 1.82) is 0 Å². The van der Waals surface area contributed by atoms with Crippen LogP contribution in [0.25, 0.3) is 0 Å². The van der Waals surface area contributed by atoms with E-state index in [1.807, 2.05) is 0 Å². The Morgan fingerprint density at radius 2 is 1.75 bits per heavy atom. The summed E-state index contributed by atoms with van der Waals surface area (Å²) >= 11 is 0. The Balaban J connectivity index is 2.97. The fourth-order valence-electron chi connectivity index (χ4n) is 1.24. The molecule has 2 unspecified atom stereocenters. The van der Waals surface area contributed by atoms with Gasteiger partial charge in [0.15, 0.2) is 5.25 Å². The van der Waals surface area contributed by atoms with Gasteiger partial charge in [-0.15, -0.1) is 0 Å². The molecular weight excluding hydrogens is 232 g/mol. The van der Waals surface area contributed by atoms with Crippen LogP contribution in [0.15, 0.2) is 30.3 Å². The fourth-order valence-corrected chi connectivity index (χ4v) is 2.34. The Hall–Kier alpha value is -1.69. The minimum atomic E-state index is -1.97. The lowest BCUT2D eigenvalue weighted by Crippen LogP contribution is -2.22. The smallest absolute Gasteiger partial charge is 0.323 e. The largest absolute Gasteiger partial charge is 0.481 e. The lowest BCUT2D eigenvalue weighted by atomic mass is 10.1. The minimum Gasteiger partial charge on any atom is -0.481 e. The molecule has 0 heterocycles. The highest BCUT2D eigenvalue weighted by molar-refractivity contribution is 7.86. The highest BCUT2D eigenvalue weighted by Gasteiger charge is 2.27. The van der Waals surface area contributed by atoms with E-state index >= 15 is 0 Å². The highest BCUT2D eigenvalue weighted by atomic mass is 32.2. The third-order valence-corrected chi connectivity index (χ3v) is 3.39. The Morgan fingerprint density at radius 1 is 1.19 bits per heavy atom. The van der Waals surface area contributed by atoms with Crippen LogP contribution in [0.3, 0.4) is 0 Å². The summed E-state index contributed by atoms with van der Waals surface area (Å²) in [5.74, 6) is -3.24. The van der Waals surface area contributed by atoms with Crippen LogP contribution in [0.5, 0.6) is 0 Å². The van der Waals surface area contributed by atoms with Crippen molar-refractivity contribution in [3.8, 4) is 0 Å². The molecule has 86 valence electrons. The normalized spacial score (nSPS) is 14.0. The standard InChI is InChI=1S/C10H10O5S/c11-8(12)6-16(15)9(10(13)14)7-4-2-1-3-5-7/h1-5,9H,6H2,(H,11,12)(H,13,14). The molecule has 0 spiro atoms. The second-order valence-corrected chi connectivity index (χ2v) is 4.57. The van der Waals surface area contributed by atoms with Gasteiger partial charge in [-0.05, 0) is 5.56 Å². The lowest BCUT2D eigenvalue weighted by Gasteiger charge is -2.10. The molecule has 0 saturated heterocycles. The van der Waals surface area contributed by atoms with E-state index in [1.54, 1.807) is 18.2 Å². The summed E-state index contributed by atoms with van der Waals surface area (Å²) in [5.41, 5.74) is 0.342. The van der Waals surface area contributed by atoms with Crippen LogP contribution in [0, 0.1) is 0 Å². The molecule has 16 heavy (non-hydrogen) atoms. The van der Waals surface area contributed by atoms with Crippen LogP contribution < -0.4 is 0 Å². The summed E-state index contributed by atoms with van der Waals surface area (Å²) in [5, 5.41) is 16.1. The predicted octanol–water partition coefficient (Wildman–Crippen LogP) is 0.646. The zero-order valence-corrected chi connectivity index (χ0v) is 9.02. The molecule has 0 amide bonds. The molecule has 5 nitrogen and oxygen atoms in total. The zero-order chi connectivity index (χ0) is 12.1. The second kappa shape index (κ2) is 5.41. The molecule has 0 aliphatic carbocycles. The minimum absolute atomic E-state index is 0.342. The van der Waals surface area contributed by atoms with E-state index in [9.17, 15) is 13.8 Å². The maximum absolute atomic E-state index is 11.5. The van der Waals surface area contributed by atoms with E-state index in [-0.39, 0.29) is 0 Å². The van der Waals surface area contributed by atoms with Gasteiger partial charge in [-0.1, -0.05) is 30.3 Å². The second-order valence-electron chi connectivity index (χ2n) is 3.05. The fraction of sp³-hybridized carbons (Fsp3) is 0.200. The van der Waals surface area contributed by atoms with Gasteiger partial charge >= 0.3 is 11.9 Å². The van der Waals surface area contributed by atoms with Gasteiger partial charge in [0.2, 0.25) is 0 Å². The van der Waals surface area contributed by atoms with Crippen molar-refractivity contribution < 1.29 is 24.0 Å². The Kier molecular flexibility index (Phi) is 4.19. The maximum atomic E-state index is 11.5. The van der Waals surface area contributed by atoms with Crippen LogP contribution in [0.2, 0.25) is 0 Å². The summed E-state index contributed by atoms with van der Waals surface area (Å²) in [6.07, 6.45) is 0. The number of benzene rings is 1. The first-order valence-corrected chi connectivity index (χ1v) is 5.77. The first-order valence-electron chi connectivity index (χ1n) is 4.39. The number of hydrogen-bond acceptors (Lipinski definition) is 3. The lowest BCUT2D eigenvalue weighted by molar-refractivity contribution is -0.136. The van der Waals surface area contributed by atoms with E-state index in [0.29, 0.717) is 5.56 Å². The van der Waals surface area contributed by atoms with Crippen molar-refractivity contribution >= 4 is 22.7 Å². The van der Waals surface area contributed by atoms with E-state index in [0.717, 1.165) is 0 Å². The quantitative estimate of drug-likeness (QED) is 0.790. The molecule has 0 fully saturated rings. The van der Waals surface area contributed by atoms with Crippen LogP contribution in [-0.2, 0) is 20.4 Å². The van der Waals surface area contributed by atoms with Gasteiger partial charge in [-0.25, -0.2) is 0 Å². The molecule has 0 radical (unpaired) electrons. The van der Waals surface area contributed by atoms with Gasteiger partial charge in [0.05, 0.1) is 10.8 Å². The first kappa shape index (κ1) is 12.4. The van der Waals surface area contributed by atoms with Gasteiger partial charge in [0.25, 0.3) is 0 Å². The molecule has 0 aromatic heterocycles. The topological polar surface area (TPSA) is 91.7 Å². The number of aliphatic carboxylic acids is 2. The van der Waals surface area contributed by atoms with Crippen LogP contribution >= 0.6 is 0 Å². The average molecular weight is 242 g/mol. The van der Waals surface area contributed by atoms with Gasteiger partial charge in [-0.3, -0.25) is 13.8 Å². The van der Waals surface area contributed by atoms with Gasteiger partial charge in [0, 0.05) is 0 Å². The van der Waals surface area contributed by atoms with Gasteiger partial charge < -0.3 is 10.2 Å². The molecule has 0 aliphatic rings. The number of carbonyl (C=O) groups is 2. The number of rotatable bonds is 5. The van der Waals surface area contributed by atoms with Crippen LogP contribution in [0.4, 0.5) is 0 Å². The number of hydrogen-bond donors (Lipinski definition) is 2. The molecule has 0 bridgehead atoms. The summed E-state index contributed by atoms with van der Waals surface area (Å²) < 4.78 is 11.5. The molecule has 6 heteroatoms. The van der Waals surface area contributed by atoms with Crippen LogP contribution in [-0.4, -0.2) is 32.1 Å². The van der Waals surface area contributed by atoms with Crippen molar-refractivity contribution in [2.75, 3.05) is 5.75 Å². The third-order valence-electron chi connectivity index (χ3n) is 1.86. The Bertz CT molecular complexity index is 414. The van der Waals surface area contributed by atoms with Crippen molar-refractivity contribution in [2.24, 2.45) is 0 Å². The molecule has 0 aliphatic heterocycles.